The van der Waals surface area contributed by atoms with E-state index in [-0.39, 0.29) is 12.7 Å². The fourth-order valence-electron chi connectivity index (χ4n) is 4.30. The van der Waals surface area contributed by atoms with Gasteiger partial charge in [0.2, 0.25) is 6.79 Å². The molecule has 1 amide bonds. The van der Waals surface area contributed by atoms with E-state index in [4.69, 9.17) is 14.5 Å². The van der Waals surface area contributed by atoms with Crippen LogP contribution in [0.2, 0.25) is 0 Å². The maximum absolute atomic E-state index is 13.1. The number of ether oxygens (including phenoxy) is 2. The summed E-state index contributed by atoms with van der Waals surface area (Å²) < 4.78 is 10.9. The molecule has 0 radical (unpaired) electrons. The Kier molecular flexibility index (Phi) is 8.18. The first kappa shape index (κ1) is 23.1. The number of carbonyl (C=O) groups is 1. The van der Waals surface area contributed by atoms with Crippen LogP contribution in [0.15, 0.2) is 48.5 Å². The standard InChI is InChI=1S/C28H34N2O3/c1-2-3-4-5-6-7-8-9-12-17-29-28(31)23-19-25(30-24-14-11-10-13-22(23)24)21-15-16-26-27(18-21)33-20-32-26/h10-11,13-16,18-19H,2-9,12,17,20H2,1H3,(H,29,31). The van der Waals surface area contributed by atoms with Crippen LogP contribution in [0.3, 0.4) is 0 Å². The Morgan fingerprint density at radius 1 is 0.879 bits per heavy atom. The topological polar surface area (TPSA) is 60.5 Å². The van der Waals surface area contributed by atoms with Gasteiger partial charge >= 0.3 is 0 Å². The molecule has 0 aliphatic carbocycles. The Balaban J connectivity index is 1.37. The predicted octanol–water partition coefficient (Wildman–Crippen LogP) is 6.89. The molecule has 4 rings (SSSR count). The Morgan fingerprint density at radius 2 is 1.61 bits per heavy atom. The third-order valence-corrected chi connectivity index (χ3v) is 6.20. The first-order valence-electron chi connectivity index (χ1n) is 12.3. The summed E-state index contributed by atoms with van der Waals surface area (Å²) in [5, 5.41) is 3.99. The Labute approximate surface area is 196 Å². The third kappa shape index (κ3) is 6.04. The van der Waals surface area contributed by atoms with E-state index in [1.807, 2.05) is 48.5 Å². The van der Waals surface area contributed by atoms with Crippen molar-refractivity contribution in [1.29, 1.82) is 0 Å². The molecule has 0 fully saturated rings. The van der Waals surface area contributed by atoms with Crippen molar-refractivity contribution < 1.29 is 14.3 Å². The van der Waals surface area contributed by atoms with Crippen molar-refractivity contribution in [2.75, 3.05) is 13.3 Å². The number of rotatable bonds is 12. The average molecular weight is 447 g/mol. The summed E-state index contributed by atoms with van der Waals surface area (Å²) in [6, 6.07) is 15.4. The van der Waals surface area contributed by atoms with Gasteiger partial charge in [-0.15, -0.1) is 0 Å². The fourth-order valence-corrected chi connectivity index (χ4v) is 4.30. The zero-order chi connectivity index (χ0) is 22.9. The van der Waals surface area contributed by atoms with Crippen LogP contribution in [0.25, 0.3) is 22.2 Å². The number of nitrogens with zero attached hydrogens (tertiary/aromatic N) is 1. The average Bonchev–Trinajstić information content (AvgIpc) is 3.32. The minimum absolute atomic E-state index is 0.0461. The second-order valence-corrected chi connectivity index (χ2v) is 8.72. The first-order valence-corrected chi connectivity index (χ1v) is 12.3. The number of nitrogens with one attached hydrogen (secondary N) is 1. The van der Waals surface area contributed by atoms with Crippen molar-refractivity contribution >= 4 is 16.8 Å². The molecule has 0 atom stereocenters. The minimum atomic E-state index is -0.0461. The maximum Gasteiger partial charge on any atom is 0.252 e. The second-order valence-electron chi connectivity index (χ2n) is 8.72. The molecule has 0 spiro atoms. The Bertz CT molecular complexity index is 1080. The van der Waals surface area contributed by atoms with E-state index in [0.717, 1.165) is 40.8 Å². The Hall–Kier alpha value is -3.08. The molecule has 0 saturated heterocycles. The van der Waals surface area contributed by atoms with Gasteiger partial charge in [0.1, 0.15) is 0 Å². The summed E-state index contributed by atoms with van der Waals surface area (Å²) in [4.78, 5) is 17.9. The van der Waals surface area contributed by atoms with Gasteiger partial charge in [-0.3, -0.25) is 4.79 Å². The van der Waals surface area contributed by atoms with Gasteiger partial charge in [-0.1, -0.05) is 76.5 Å². The second kappa shape index (κ2) is 11.7. The molecule has 5 heteroatoms. The highest BCUT2D eigenvalue weighted by molar-refractivity contribution is 6.07. The number of fused-ring (bicyclic) bond motifs is 2. The van der Waals surface area contributed by atoms with Crippen LogP contribution in [0.4, 0.5) is 0 Å². The zero-order valence-corrected chi connectivity index (χ0v) is 19.6. The van der Waals surface area contributed by atoms with E-state index in [0.29, 0.717) is 17.9 Å². The van der Waals surface area contributed by atoms with Gasteiger partial charge in [0.05, 0.1) is 16.8 Å². The quantitative estimate of drug-likeness (QED) is 0.308. The van der Waals surface area contributed by atoms with Gasteiger partial charge in [-0.2, -0.15) is 0 Å². The lowest BCUT2D eigenvalue weighted by Gasteiger charge is -2.11. The van der Waals surface area contributed by atoms with Gasteiger partial charge in [0.15, 0.2) is 11.5 Å². The lowest BCUT2D eigenvalue weighted by Crippen LogP contribution is -2.24. The predicted molar refractivity (Wildman–Crippen MR) is 133 cm³/mol. The Morgan fingerprint density at radius 3 is 2.42 bits per heavy atom. The molecular formula is C28H34N2O3. The monoisotopic (exact) mass is 446 g/mol. The molecule has 3 aromatic rings. The molecule has 1 N–H and O–H groups in total. The number of carbonyl (C=O) groups excluding carboxylic acids is 1. The molecule has 33 heavy (non-hydrogen) atoms. The normalized spacial score (nSPS) is 12.3. The number of unbranched alkanes of at least 4 members (excludes halogenated alkanes) is 8. The summed E-state index contributed by atoms with van der Waals surface area (Å²) in [5.41, 5.74) is 3.11. The fraction of sp³-hybridized carbons (Fsp3) is 0.429. The van der Waals surface area contributed by atoms with Crippen molar-refractivity contribution in [3.63, 3.8) is 0 Å². The van der Waals surface area contributed by atoms with Gasteiger partial charge in [0, 0.05) is 17.5 Å². The molecular weight excluding hydrogens is 412 g/mol. The molecule has 0 unspecified atom stereocenters. The third-order valence-electron chi connectivity index (χ3n) is 6.20. The van der Waals surface area contributed by atoms with Gasteiger partial charge in [-0.05, 0) is 36.8 Å². The number of hydrogen-bond acceptors (Lipinski definition) is 4. The summed E-state index contributed by atoms with van der Waals surface area (Å²) in [5.74, 6) is 1.40. The number of amides is 1. The maximum atomic E-state index is 13.1. The van der Waals surface area contributed by atoms with Crippen molar-refractivity contribution in [2.45, 2.75) is 64.7 Å². The molecule has 5 nitrogen and oxygen atoms in total. The van der Waals surface area contributed by atoms with E-state index in [1.54, 1.807) is 0 Å². The molecule has 2 aromatic carbocycles. The number of benzene rings is 2. The van der Waals surface area contributed by atoms with E-state index in [9.17, 15) is 4.79 Å². The molecule has 0 bridgehead atoms. The number of aromatic nitrogens is 1. The van der Waals surface area contributed by atoms with E-state index in [1.165, 1.54) is 44.9 Å². The van der Waals surface area contributed by atoms with E-state index >= 15 is 0 Å². The summed E-state index contributed by atoms with van der Waals surface area (Å²) in [6.45, 7) is 3.18. The number of para-hydroxylation sites is 1. The van der Waals surface area contributed by atoms with Crippen LogP contribution in [0, 0.1) is 0 Å². The van der Waals surface area contributed by atoms with Crippen molar-refractivity contribution in [3.05, 3.63) is 54.1 Å². The van der Waals surface area contributed by atoms with Crippen molar-refractivity contribution in [1.82, 2.24) is 10.3 Å². The number of hydrogen-bond donors (Lipinski definition) is 1. The van der Waals surface area contributed by atoms with Gasteiger partial charge in [0.25, 0.3) is 5.91 Å². The molecule has 2 heterocycles. The van der Waals surface area contributed by atoms with Crippen LogP contribution >= 0.6 is 0 Å². The van der Waals surface area contributed by atoms with Crippen LogP contribution in [0.1, 0.15) is 75.1 Å². The molecule has 174 valence electrons. The molecule has 0 saturated carbocycles. The smallest absolute Gasteiger partial charge is 0.252 e. The van der Waals surface area contributed by atoms with Gasteiger partial charge in [-0.25, -0.2) is 4.98 Å². The molecule has 1 aliphatic rings. The first-order chi connectivity index (χ1) is 16.3. The van der Waals surface area contributed by atoms with E-state index < -0.39 is 0 Å². The van der Waals surface area contributed by atoms with Crippen molar-refractivity contribution in [2.24, 2.45) is 0 Å². The van der Waals surface area contributed by atoms with E-state index in [2.05, 4.69) is 12.2 Å². The largest absolute Gasteiger partial charge is 0.454 e. The van der Waals surface area contributed by atoms with Crippen LogP contribution in [0.5, 0.6) is 11.5 Å². The SMILES string of the molecule is CCCCCCCCCCCNC(=O)c1cc(-c2ccc3c(c2)OCO3)nc2ccccc12. The molecule has 1 aliphatic heterocycles. The van der Waals surface area contributed by atoms with Crippen molar-refractivity contribution in [3.8, 4) is 22.8 Å². The number of pyridine rings is 1. The lowest BCUT2D eigenvalue weighted by atomic mass is 10.0. The highest BCUT2D eigenvalue weighted by Gasteiger charge is 2.17. The lowest BCUT2D eigenvalue weighted by molar-refractivity contribution is 0.0954. The molecule has 1 aromatic heterocycles. The minimum Gasteiger partial charge on any atom is -0.454 e. The zero-order valence-electron chi connectivity index (χ0n) is 19.6. The summed E-state index contributed by atoms with van der Waals surface area (Å²) in [7, 11) is 0. The van der Waals surface area contributed by atoms with Crippen LogP contribution in [-0.2, 0) is 0 Å². The summed E-state index contributed by atoms with van der Waals surface area (Å²) >= 11 is 0. The highest BCUT2D eigenvalue weighted by Crippen LogP contribution is 2.36. The van der Waals surface area contributed by atoms with Crippen LogP contribution in [-0.4, -0.2) is 24.2 Å². The summed E-state index contributed by atoms with van der Waals surface area (Å²) in [6.07, 6.45) is 11.4. The van der Waals surface area contributed by atoms with Gasteiger partial charge < -0.3 is 14.8 Å². The van der Waals surface area contributed by atoms with Crippen LogP contribution < -0.4 is 14.8 Å². The highest BCUT2D eigenvalue weighted by atomic mass is 16.7.